The number of hydrogen-bond donors (Lipinski definition) is 1. The van der Waals surface area contributed by atoms with Gasteiger partial charge >= 0.3 is 0 Å². The molecule has 0 unspecified atom stereocenters. The minimum absolute atomic E-state index is 0.0988. The molecule has 0 atom stereocenters. The summed E-state index contributed by atoms with van der Waals surface area (Å²) in [5.74, 6) is 0. The molecule has 0 aliphatic heterocycles. The molecule has 0 aliphatic rings. The molecule has 0 bridgehead atoms. The Labute approximate surface area is 139 Å². The summed E-state index contributed by atoms with van der Waals surface area (Å²) in [7, 11) is 0. The highest BCUT2D eigenvalue weighted by atomic mass is 16.1. The van der Waals surface area contributed by atoms with Gasteiger partial charge in [0.25, 0.3) is 5.56 Å². The van der Waals surface area contributed by atoms with Crippen LogP contribution in [0.4, 0.5) is 0 Å². The van der Waals surface area contributed by atoms with Crippen LogP contribution in [0.15, 0.2) is 59.4 Å². The molecule has 0 fully saturated rings. The van der Waals surface area contributed by atoms with Crippen LogP contribution in [0.3, 0.4) is 0 Å². The van der Waals surface area contributed by atoms with Crippen molar-refractivity contribution < 1.29 is 0 Å². The molecule has 2 aromatic carbocycles. The number of aromatic amines is 1. The lowest BCUT2D eigenvalue weighted by Crippen LogP contribution is -2.12. The zero-order valence-electron chi connectivity index (χ0n) is 13.0. The fourth-order valence-electron chi connectivity index (χ4n) is 2.71. The van der Waals surface area contributed by atoms with E-state index in [0.29, 0.717) is 16.8 Å². The first kappa shape index (κ1) is 15.3. The third-order valence-electron chi connectivity index (χ3n) is 3.82. The van der Waals surface area contributed by atoms with E-state index in [4.69, 9.17) is 5.26 Å². The second kappa shape index (κ2) is 6.24. The first-order valence-corrected chi connectivity index (χ1v) is 7.38. The van der Waals surface area contributed by atoms with Gasteiger partial charge in [-0.25, -0.2) is 0 Å². The Morgan fingerprint density at radius 3 is 2.17 bits per heavy atom. The molecule has 1 N–H and O–H groups in total. The summed E-state index contributed by atoms with van der Waals surface area (Å²) in [4.78, 5) is 14.7. The highest BCUT2D eigenvalue weighted by Crippen LogP contribution is 2.33. The van der Waals surface area contributed by atoms with Crippen LogP contribution in [0.1, 0.15) is 16.8 Å². The summed E-state index contributed by atoms with van der Waals surface area (Å²) in [6.07, 6.45) is 0. The van der Waals surface area contributed by atoms with Gasteiger partial charge in [-0.3, -0.25) is 4.79 Å². The summed E-state index contributed by atoms with van der Waals surface area (Å²) >= 11 is 0. The van der Waals surface area contributed by atoms with Crippen LogP contribution in [0.5, 0.6) is 0 Å². The van der Waals surface area contributed by atoms with Crippen LogP contribution in [0, 0.1) is 29.6 Å². The second-order valence-electron chi connectivity index (χ2n) is 5.42. The van der Waals surface area contributed by atoms with Gasteiger partial charge in [-0.15, -0.1) is 0 Å². The molecular formula is C20H13N3O. The molecule has 0 saturated carbocycles. The Bertz CT molecular complexity index is 1050. The topological polar surface area (TPSA) is 80.4 Å². The van der Waals surface area contributed by atoms with Crippen LogP contribution in [-0.4, -0.2) is 4.98 Å². The Balaban J connectivity index is 2.27. The Morgan fingerprint density at radius 2 is 1.54 bits per heavy atom. The van der Waals surface area contributed by atoms with E-state index >= 15 is 0 Å². The maximum absolute atomic E-state index is 12.1. The van der Waals surface area contributed by atoms with Crippen molar-refractivity contribution in [1.82, 2.24) is 4.98 Å². The molecular weight excluding hydrogens is 298 g/mol. The van der Waals surface area contributed by atoms with E-state index in [2.05, 4.69) is 11.1 Å². The van der Waals surface area contributed by atoms with E-state index in [1.54, 1.807) is 19.1 Å². The highest BCUT2D eigenvalue weighted by molar-refractivity contribution is 5.85. The van der Waals surface area contributed by atoms with Crippen LogP contribution in [-0.2, 0) is 0 Å². The van der Waals surface area contributed by atoms with Gasteiger partial charge in [0.05, 0.1) is 11.6 Å². The van der Waals surface area contributed by atoms with E-state index in [-0.39, 0.29) is 11.1 Å². The predicted octanol–water partition coefficient (Wildman–Crippen LogP) is 3.76. The molecule has 0 amide bonds. The number of nitriles is 2. The molecule has 24 heavy (non-hydrogen) atoms. The first-order valence-electron chi connectivity index (χ1n) is 7.38. The molecule has 0 spiro atoms. The maximum Gasteiger partial charge on any atom is 0.266 e. The normalized spacial score (nSPS) is 9.96. The van der Waals surface area contributed by atoms with Crippen LogP contribution in [0.2, 0.25) is 0 Å². The number of aryl methyl sites for hydroxylation is 1. The Kier molecular flexibility index (Phi) is 3.97. The van der Waals surface area contributed by atoms with Crippen molar-refractivity contribution in [2.75, 3.05) is 0 Å². The number of rotatable bonds is 2. The molecule has 3 aromatic rings. The number of aromatic nitrogens is 1. The van der Waals surface area contributed by atoms with E-state index in [1.807, 2.05) is 48.5 Å². The number of benzene rings is 2. The fraction of sp³-hybridized carbons (Fsp3) is 0.0500. The lowest BCUT2D eigenvalue weighted by atomic mass is 9.92. The van der Waals surface area contributed by atoms with Crippen LogP contribution < -0.4 is 5.56 Å². The zero-order chi connectivity index (χ0) is 17.1. The van der Waals surface area contributed by atoms with Crippen molar-refractivity contribution in [2.24, 2.45) is 0 Å². The highest BCUT2D eigenvalue weighted by Gasteiger charge is 2.14. The van der Waals surface area contributed by atoms with Crippen molar-refractivity contribution in [3.05, 3.63) is 81.8 Å². The smallest absolute Gasteiger partial charge is 0.266 e. The molecule has 1 aromatic heterocycles. The minimum atomic E-state index is -0.387. The summed E-state index contributed by atoms with van der Waals surface area (Å²) in [6, 6.07) is 20.7. The third kappa shape index (κ3) is 2.69. The lowest BCUT2D eigenvalue weighted by molar-refractivity contribution is 1.13. The molecule has 0 saturated heterocycles. The Morgan fingerprint density at radius 1 is 0.875 bits per heavy atom. The molecule has 3 rings (SSSR count). The average Bonchev–Trinajstić information content (AvgIpc) is 2.61. The van der Waals surface area contributed by atoms with E-state index in [1.165, 1.54) is 0 Å². The number of pyridine rings is 1. The largest absolute Gasteiger partial charge is 0.325 e. The van der Waals surface area contributed by atoms with Gasteiger partial charge in [0.1, 0.15) is 11.6 Å². The summed E-state index contributed by atoms with van der Waals surface area (Å²) in [6.45, 7) is 1.79. The molecule has 4 heteroatoms. The predicted molar refractivity (Wildman–Crippen MR) is 92.1 cm³/mol. The third-order valence-corrected chi connectivity index (χ3v) is 3.82. The quantitative estimate of drug-likeness (QED) is 0.782. The SMILES string of the molecule is Cc1cc(-c2ccccc2-c2ccc(C#N)cc2)c(C#N)c(=O)[nH]1. The monoisotopic (exact) mass is 311 g/mol. The Hall–Kier alpha value is -3.63. The van der Waals surface area contributed by atoms with Gasteiger partial charge in [-0.05, 0) is 41.8 Å². The molecule has 0 radical (unpaired) electrons. The van der Waals surface area contributed by atoms with Gasteiger partial charge in [-0.1, -0.05) is 36.4 Å². The molecule has 114 valence electrons. The number of hydrogen-bond acceptors (Lipinski definition) is 3. The lowest BCUT2D eigenvalue weighted by Gasteiger charge is -2.12. The van der Waals surface area contributed by atoms with Crippen molar-refractivity contribution in [2.45, 2.75) is 6.92 Å². The second-order valence-corrected chi connectivity index (χ2v) is 5.42. The van der Waals surface area contributed by atoms with Crippen molar-refractivity contribution >= 4 is 0 Å². The number of H-pyrrole nitrogens is 1. The van der Waals surface area contributed by atoms with Gasteiger partial charge in [0.15, 0.2) is 0 Å². The number of nitrogens with one attached hydrogen (secondary N) is 1. The molecule has 0 aliphatic carbocycles. The minimum Gasteiger partial charge on any atom is -0.325 e. The summed E-state index contributed by atoms with van der Waals surface area (Å²) in [5.41, 5.74) is 4.25. The van der Waals surface area contributed by atoms with Crippen LogP contribution >= 0.6 is 0 Å². The number of nitrogens with zero attached hydrogens (tertiary/aromatic N) is 2. The summed E-state index contributed by atoms with van der Waals surface area (Å²) < 4.78 is 0. The fourth-order valence-corrected chi connectivity index (χ4v) is 2.71. The van der Waals surface area contributed by atoms with Gasteiger partial charge in [-0.2, -0.15) is 10.5 Å². The van der Waals surface area contributed by atoms with Crippen molar-refractivity contribution in [3.8, 4) is 34.4 Å². The average molecular weight is 311 g/mol. The van der Waals surface area contributed by atoms with Gasteiger partial charge in [0.2, 0.25) is 0 Å². The van der Waals surface area contributed by atoms with E-state index in [9.17, 15) is 10.1 Å². The van der Waals surface area contributed by atoms with Gasteiger partial charge in [0, 0.05) is 11.3 Å². The summed E-state index contributed by atoms with van der Waals surface area (Å²) in [5, 5.41) is 18.3. The van der Waals surface area contributed by atoms with Gasteiger partial charge < -0.3 is 4.98 Å². The standard InChI is InChI=1S/C20H13N3O/c1-13-10-18(19(12-22)20(24)23-13)17-5-3-2-4-16(17)15-8-6-14(11-21)7-9-15/h2-10H,1H3,(H,23,24). The zero-order valence-corrected chi connectivity index (χ0v) is 13.0. The van der Waals surface area contributed by atoms with Crippen LogP contribution in [0.25, 0.3) is 22.3 Å². The van der Waals surface area contributed by atoms with Crippen molar-refractivity contribution in [1.29, 1.82) is 10.5 Å². The van der Waals surface area contributed by atoms with E-state index in [0.717, 1.165) is 16.7 Å². The maximum atomic E-state index is 12.1. The molecule has 4 nitrogen and oxygen atoms in total. The van der Waals surface area contributed by atoms with Crippen molar-refractivity contribution in [3.63, 3.8) is 0 Å². The molecule has 1 heterocycles. The van der Waals surface area contributed by atoms with E-state index < -0.39 is 0 Å². The first-order chi connectivity index (χ1) is 11.6.